The Labute approximate surface area is 101 Å². The molecule has 1 aliphatic heterocycles. The van der Waals surface area contributed by atoms with Crippen molar-refractivity contribution < 1.29 is 4.39 Å². The van der Waals surface area contributed by atoms with Crippen molar-refractivity contribution >= 4 is 5.69 Å². The molecule has 2 bridgehead atoms. The van der Waals surface area contributed by atoms with Gasteiger partial charge in [-0.3, -0.25) is 4.98 Å². The van der Waals surface area contributed by atoms with Crippen LogP contribution in [0.5, 0.6) is 0 Å². The number of hydrogen-bond donors (Lipinski definition) is 1. The van der Waals surface area contributed by atoms with Crippen molar-refractivity contribution in [2.75, 3.05) is 18.0 Å². The van der Waals surface area contributed by atoms with Gasteiger partial charge >= 0.3 is 0 Å². The lowest BCUT2D eigenvalue weighted by molar-refractivity contribution is 0.354. The monoisotopic (exact) mass is 235 g/mol. The maximum Gasteiger partial charge on any atom is 0.164 e. The van der Waals surface area contributed by atoms with E-state index in [1.807, 2.05) is 13.0 Å². The summed E-state index contributed by atoms with van der Waals surface area (Å²) in [5.74, 6) is 0.841. The number of fused-ring (bicyclic) bond motifs is 2. The first-order valence-electron chi connectivity index (χ1n) is 6.28. The molecule has 0 unspecified atom stereocenters. The summed E-state index contributed by atoms with van der Waals surface area (Å²) in [7, 11) is 0. The van der Waals surface area contributed by atoms with Crippen molar-refractivity contribution in [2.24, 2.45) is 17.6 Å². The first kappa shape index (κ1) is 11.0. The fourth-order valence-electron chi connectivity index (χ4n) is 3.23. The predicted octanol–water partition coefficient (Wildman–Crippen LogP) is 1.70. The molecule has 0 spiro atoms. The minimum Gasteiger partial charge on any atom is -0.368 e. The Bertz CT molecular complexity index is 421. The first-order chi connectivity index (χ1) is 8.15. The largest absolute Gasteiger partial charge is 0.368 e. The summed E-state index contributed by atoms with van der Waals surface area (Å²) in [6, 6.07) is 2.16. The van der Waals surface area contributed by atoms with E-state index in [-0.39, 0.29) is 5.82 Å². The van der Waals surface area contributed by atoms with Gasteiger partial charge in [0, 0.05) is 24.8 Å². The number of aromatic nitrogens is 1. The number of hydrogen-bond acceptors (Lipinski definition) is 3. The Morgan fingerprint density at radius 1 is 1.35 bits per heavy atom. The summed E-state index contributed by atoms with van der Waals surface area (Å²) >= 11 is 0. The Balaban J connectivity index is 1.88. The third-order valence-electron chi connectivity index (χ3n) is 4.22. The van der Waals surface area contributed by atoms with Crippen LogP contribution in [-0.2, 0) is 0 Å². The minimum atomic E-state index is -0.217. The smallest absolute Gasteiger partial charge is 0.164 e. The third-order valence-corrected chi connectivity index (χ3v) is 4.22. The van der Waals surface area contributed by atoms with Crippen LogP contribution in [0.15, 0.2) is 12.3 Å². The summed E-state index contributed by atoms with van der Waals surface area (Å²) < 4.78 is 13.8. The molecule has 1 aromatic rings. The molecule has 0 amide bonds. The fraction of sp³-hybridized carbons (Fsp3) is 0.615. The number of anilines is 1. The van der Waals surface area contributed by atoms with E-state index in [4.69, 9.17) is 5.73 Å². The molecule has 1 aliphatic carbocycles. The van der Waals surface area contributed by atoms with Gasteiger partial charge in [-0.25, -0.2) is 4.39 Å². The molecular weight excluding hydrogens is 217 g/mol. The topological polar surface area (TPSA) is 42.1 Å². The molecule has 1 saturated carbocycles. The van der Waals surface area contributed by atoms with Crippen LogP contribution in [0.25, 0.3) is 0 Å². The van der Waals surface area contributed by atoms with Gasteiger partial charge in [0.1, 0.15) is 0 Å². The van der Waals surface area contributed by atoms with Crippen molar-refractivity contribution in [2.45, 2.75) is 25.8 Å². The highest BCUT2D eigenvalue weighted by Gasteiger charge is 2.40. The maximum atomic E-state index is 13.8. The maximum absolute atomic E-state index is 13.8. The molecule has 0 aromatic carbocycles. The molecule has 1 saturated heterocycles. The second-order valence-electron chi connectivity index (χ2n) is 5.36. The van der Waals surface area contributed by atoms with E-state index in [2.05, 4.69) is 9.88 Å². The number of pyridine rings is 1. The molecule has 2 fully saturated rings. The third kappa shape index (κ3) is 1.80. The van der Waals surface area contributed by atoms with Gasteiger partial charge in [-0.2, -0.15) is 0 Å². The summed E-state index contributed by atoms with van der Waals surface area (Å²) in [5, 5.41) is 0. The van der Waals surface area contributed by atoms with E-state index >= 15 is 0 Å². The molecule has 3 nitrogen and oxygen atoms in total. The number of rotatable bonds is 1. The number of nitrogens with zero attached hydrogens (tertiary/aromatic N) is 2. The molecule has 2 N–H and O–H groups in total. The van der Waals surface area contributed by atoms with E-state index in [1.165, 1.54) is 19.0 Å². The lowest BCUT2D eigenvalue weighted by atomic mass is 9.93. The van der Waals surface area contributed by atoms with Crippen molar-refractivity contribution in [3.8, 4) is 0 Å². The van der Waals surface area contributed by atoms with Crippen LogP contribution in [0, 0.1) is 24.6 Å². The zero-order valence-electron chi connectivity index (χ0n) is 10.1. The highest BCUT2D eigenvalue weighted by Crippen LogP contribution is 2.38. The van der Waals surface area contributed by atoms with Crippen LogP contribution in [0.4, 0.5) is 10.1 Å². The molecule has 17 heavy (non-hydrogen) atoms. The van der Waals surface area contributed by atoms with Crippen molar-refractivity contribution in [1.82, 2.24) is 4.98 Å². The average molecular weight is 235 g/mol. The van der Waals surface area contributed by atoms with Crippen LogP contribution < -0.4 is 10.6 Å². The lowest BCUT2D eigenvalue weighted by Gasteiger charge is -2.37. The minimum absolute atomic E-state index is 0.217. The summed E-state index contributed by atoms with van der Waals surface area (Å²) in [5.41, 5.74) is 7.72. The average Bonchev–Trinajstić information content (AvgIpc) is 2.55. The molecule has 92 valence electrons. The number of aryl methyl sites for hydroxylation is 1. The predicted molar refractivity (Wildman–Crippen MR) is 65.3 cm³/mol. The van der Waals surface area contributed by atoms with Gasteiger partial charge in [-0.15, -0.1) is 0 Å². The van der Waals surface area contributed by atoms with Gasteiger partial charge in [0.2, 0.25) is 0 Å². The summed E-state index contributed by atoms with van der Waals surface area (Å²) in [6.45, 7) is 3.67. The van der Waals surface area contributed by atoms with E-state index in [0.29, 0.717) is 23.6 Å². The first-order valence-corrected chi connectivity index (χ1v) is 6.28. The zero-order valence-corrected chi connectivity index (χ0v) is 10.1. The molecule has 2 aliphatic rings. The molecule has 2 heterocycles. The molecule has 3 rings (SSSR count). The highest BCUT2D eigenvalue weighted by molar-refractivity contribution is 5.49. The van der Waals surface area contributed by atoms with Crippen molar-refractivity contribution in [3.63, 3.8) is 0 Å². The molecular formula is C13H18FN3. The normalized spacial score (nSPS) is 31.9. The van der Waals surface area contributed by atoms with E-state index < -0.39 is 0 Å². The SMILES string of the molecule is Cc1cc(N2C[C@H]3CC[C@@H](C2)[C@H]3N)c(F)cn1. The van der Waals surface area contributed by atoms with Crippen molar-refractivity contribution in [3.05, 3.63) is 23.8 Å². The zero-order chi connectivity index (χ0) is 12.0. The van der Waals surface area contributed by atoms with Crippen LogP contribution in [0.1, 0.15) is 18.5 Å². The fourth-order valence-corrected chi connectivity index (χ4v) is 3.23. The quantitative estimate of drug-likeness (QED) is 0.805. The second-order valence-corrected chi connectivity index (χ2v) is 5.36. The van der Waals surface area contributed by atoms with Crippen LogP contribution >= 0.6 is 0 Å². The van der Waals surface area contributed by atoms with Gasteiger partial charge in [0.15, 0.2) is 5.82 Å². The highest BCUT2D eigenvalue weighted by atomic mass is 19.1. The molecule has 1 aromatic heterocycles. The van der Waals surface area contributed by atoms with Gasteiger partial charge in [0.05, 0.1) is 11.9 Å². The Kier molecular flexibility index (Phi) is 2.54. The van der Waals surface area contributed by atoms with Gasteiger partial charge < -0.3 is 10.6 Å². The van der Waals surface area contributed by atoms with Crippen molar-refractivity contribution in [1.29, 1.82) is 0 Å². The van der Waals surface area contributed by atoms with Gasteiger partial charge in [0.25, 0.3) is 0 Å². The Hall–Kier alpha value is -1.16. The van der Waals surface area contributed by atoms with Crippen LogP contribution in [-0.4, -0.2) is 24.1 Å². The Morgan fingerprint density at radius 2 is 2.00 bits per heavy atom. The van der Waals surface area contributed by atoms with Gasteiger partial charge in [-0.1, -0.05) is 0 Å². The summed E-state index contributed by atoms with van der Waals surface area (Å²) in [6.07, 6.45) is 3.70. The number of piperidine rings is 1. The van der Waals surface area contributed by atoms with E-state index in [0.717, 1.165) is 18.8 Å². The van der Waals surface area contributed by atoms with Gasteiger partial charge in [-0.05, 0) is 37.7 Å². The number of halogens is 1. The molecule has 4 heteroatoms. The lowest BCUT2D eigenvalue weighted by Crippen LogP contribution is -2.49. The van der Waals surface area contributed by atoms with E-state index in [9.17, 15) is 4.39 Å². The molecule has 3 atom stereocenters. The summed E-state index contributed by atoms with van der Waals surface area (Å²) in [4.78, 5) is 6.12. The van der Waals surface area contributed by atoms with Crippen LogP contribution in [0.2, 0.25) is 0 Å². The second kappa shape index (κ2) is 3.95. The van der Waals surface area contributed by atoms with Crippen LogP contribution in [0.3, 0.4) is 0 Å². The Morgan fingerprint density at radius 3 is 2.65 bits per heavy atom. The van der Waals surface area contributed by atoms with E-state index in [1.54, 1.807) is 0 Å². The number of nitrogens with two attached hydrogens (primary N) is 1. The molecule has 0 radical (unpaired) electrons. The standard InChI is InChI=1S/C13H18FN3/c1-8-4-12(11(14)5-16-8)17-6-9-2-3-10(7-17)13(9)15/h4-5,9-10,13H,2-3,6-7,15H2,1H3/t9-,10+,13+.